The highest BCUT2D eigenvalue weighted by Crippen LogP contribution is 2.33. The van der Waals surface area contributed by atoms with Crippen molar-refractivity contribution in [1.82, 2.24) is 10.8 Å². The van der Waals surface area contributed by atoms with Crippen LogP contribution in [-0.4, -0.2) is 36.7 Å². The third-order valence-electron chi connectivity index (χ3n) is 4.75. The normalized spacial score (nSPS) is 21.4. The van der Waals surface area contributed by atoms with Gasteiger partial charge in [-0.05, 0) is 23.8 Å². The molecule has 0 radical (unpaired) electrons. The predicted molar refractivity (Wildman–Crippen MR) is 109 cm³/mol. The van der Waals surface area contributed by atoms with Crippen LogP contribution in [-0.2, 0) is 20.8 Å². The molecular formula is C21H21N3O3S. The largest absolute Gasteiger partial charge is 0.412 e. The molecule has 2 aliphatic rings. The van der Waals surface area contributed by atoms with Gasteiger partial charge in [0.1, 0.15) is 17.8 Å². The summed E-state index contributed by atoms with van der Waals surface area (Å²) in [5.41, 5.74) is 4.70. The highest BCUT2D eigenvalue weighted by molar-refractivity contribution is 7.99. The van der Waals surface area contributed by atoms with Gasteiger partial charge in [-0.3, -0.25) is 9.59 Å². The Bertz CT molecular complexity index is 916. The summed E-state index contributed by atoms with van der Waals surface area (Å²) >= 11 is 1.57. The van der Waals surface area contributed by atoms with Crippen molar-refractivity contribution in [3.8, 4) is 0 Å². The lowest BCUT2D eigenvalue weighted by Gasteiger charge is -2.22. The van der Waals surface area contributed by atoms with Gasteiger partial charge in [0.25, 0.3) is 0 Å². The van der Waals surface area contributed by atoms with Crippen molar-refractivity contribution in [2.45, 2.75) is 23.4 Å². The third-order valence-corrected chi connectivity index (χ3v) is 5.91. The minimum absolute atomic E-state index is 0.127. The van der Waals surface area contributed by atoms with E-state index >= 15 is 0 Å². The first-order valence-corrected chi connectivity index (χ1v) is 10.1. The first-order chi connectivity index (χ1) is 13.6. The number of thioether (sulfide) groups is 1. The van der Waals surface area contributed by atoms with Crippen molar-refractivity contribution in [3.05, 3.63) is 72.0 Å². The first kappa shape index (κ1) is 18.6. The van der Waals surface area contributed by atoms with Crippen molar-refractivity contribution in [1.29, 1.82) is 0 Å². The molecule has 0 bridgehead atoms. The Morgan fingerprint density at radius 2 is 1.96 bits per heavy atom. The van der Waals surface area contributed by atoms with Crippen molar-refractivity contribution in [2.24, 2.45) is 0 Å². The van der Waals surface area contributed by atoms with Crippen LogP contribution in [0.1, 0.15) is 5.56 Å². The lowest BCUT2D eigenvalue weighted by Crippen LogP contribution is -2.52. The number of hydrogen-bond donors (Lipinski definition) is 2. The Balaban J connectivity index is 1.41. The second kappa shape index (κ2) is 8.08. The zero-order valence-electron chi connectivity index (χ0n) is 15.4. The number of para-hydroxylation sites is 1. The molecule has 4 rings (SSSR count). The van der Waals surface area contributed by atoms with E-state index in [1.165, 1.54) is 0 Å². The summed E-state index contributed by atoms with van der Waals surface area (Å²) in [6, 6.07) is 16.4. The molecule has 2 amide bonds. The summed E-state index contributed by atoms with van der Waals surface area (Å²) < 4.78 is 0. The smallest absolute Gasteiger partial charge is 0.250 e. The van der Waals surface area contributed by atoms with Crippen molar-refractivity contribution in [3.63, 3.8) is 0 Å². The molecule has 2 heterocycles. The standard InChI is InChI=1S/C21H21N3O3S/c1-24-18-9-5-6-10-19(18)28-13-17(21(24)26)22-20(25)16-12-15(27-23-16)11-14-7-3-2-4-8-14/h2-10,12,16-17,23H,11,13H2,1H3,(H,22,25)/t16?,17-/m1/s1. The molecule has 144 valence electrons. The van der Waals surface area contributed by atoms with Crippen LogP contribution < -0.4 is 15.7 Å². The van der Waals surface area contributed by atoms with Gasteiger partial charge < -0.3 is 15.1 Å². The fourth-order valence-corrected chi connectivity index (χ4v) is 4.33. The molecule has 28 heavy (non-hydrogen) atoms. The number of benzene rings is 2. The minimum atomic E-state index is -0.618. The van der Waals surface area contributed by atoms with Gasteiger partial charge in [-0.15, -0.1) is 17.2 Å². The average molecular weight is 395 g/mol. The number of anilines is 1. The molecule has 0 saturated heterocycles. The fourth-order valence-electron chi connectivity index (χ4n) is 3.23. The van der Waals surface area contributed by atoms with E-state index in [-0.39, 0.29) is 11.8 Å². The van der Waals surface area contributed by atoms with Crippen LogP contribution in [0.3, 0.4) is 0 Å². The Morgan fingerprint density at radius 3 is 2.79 bits per heavy atom. The van der Waals surface area contributed by atoms with Gasteiger partial charge in [0.2, 0.25) is 11.8 Å². The van der Waals surface area contributed by atoms with Crippen LogP contribution in [0.4, 0.5) is 5.69 Å². The maximum Gasteiger partial charge on any atom is 0.250 e. The molecule has 0 fully saturated rings. The molecule has 0 spiro atoms. The number of nitrogens with one attached hydrogen (secondary N) is 2. The summed E-state index contributed by atoms with van der Waals surface area (Å²) in [5, 5.41) is 2.86. The number of fused-ring (bicyclic) bond motifs is 1. The van der Waals surface area contributed by atoms with Crippen LogP contribution in [0.5, 0.6) is 0 Å². The molecule has 2 aromatic rings. The zero-order valence-corrected chi connectivity index (χ0v) is 16.2. The molecule has 2 aromatic carbocycles. The monoisotopic (exact) mass is 395 g/mol. The predicted octanol–water partition coefficient (Wildman–Crippen LogP) is 2.27. The molecule has 2 atom stereocenters. The summed E-state index contributed by atoms with van der Waals surface area (Å²) in [6.45, 7) is 0. The lowest BCUT2D eigenvalue weighted by atomic mass is 10.1. The van der Waals surface area contributed by atoms with Crippen molar-refractivity contribution >= 4 is 29.3 Å². The number of hydrogen-bond acceptors (Lipinski definition) is 5. The number of allylic oxidation sites excluding steroid dienone is 1. The van der Waals surface area contributed by atoms with Gasteiger partial charge in [0.15, 0.2) is 0 Å². The topological polar surface area (TPSA) is 70.7 Å². The summed E-state index contributed by atoms with van der Waals surface area (Å²) in [4.78, 5) is 33.6. The number of amides is 2. The van der Waals surface area contributed by atoms with Gasteiger partial charge in [0.05, 0.1) is 5.69 Å². The quantitative estimate of drug-likeness (QED) is 0.831. The molecule has 0 saturated carbocycles. The minimum Gasteiger partial charge on any atom is -0.412 e. The Hall–Kier alpha value is -2.77. The van der Waals surface area contributed by atoms with E-state index in [9.17, 15) is 9.59 Å². The van der Waals surface area contributed by atoms with Crippen molar-refractivity contribution < 1.29 is 14.4 Å². The summed E-state index contributed by atoms with van der Waals surface area (Å²) in [6.07, 6.45) is 2.36. The van der Waals surface area contributed by atoms with Gasteiger partial charge in [-0.2, -0.15) is 0 Å². The highest BCUT2D eigenvalue weighted by atomic mass is 32.2. The Kier molecular flexibility index (Phi) is 5.36. The molecule has 2 aliphatic heterocycles. The lowest BCUT2D eigenvalue weighted by molar-refractivity contribution is -0.128. The van der Waals surface area contributed by atoms with E-state index in [1.807, 2.05) is 54.6 Å². The number of nitrogens with zero attached hydrogens (tertiary/aromatic N) is 1. The van der Waals surface area contributed by atoms with E-state index in [2.05, 4.69) is 10.8 Å². The zero-order chi connectivity index (χ0) is 19.5. The number of hydroxylamine groups is 1. The molecule has 2 N–H and O–H groups in total. The van der Waals surface area contributed by atoms with E-state index < -0.39 is 12.1 Å². The Labute approximate surface area is 167 Å². The SMILES string of the molecule is CN1C(=O)[C@H](NC(=O)C2C=C(Cc3ccccc3)ON2)CSc2ccccc21. The van der Waals surface area contributed by atoms with Gasteiger partial charge >= 0.3 is 0 Å². The highest BCUT2D eigenvalue weighted by Gasteiger charge is 2.32. The number of likely N-dealkylation sites (N-methyl/N-ethyl adjacent to an activating group) is 1. The van der Waals surface area contributed by atoms with Crippen LogP contribution in [0.2, 0.25) is 0 Å². The number of carbonyl (C=O) groups is 2. The summed E-state index contributed by atoms with van der Waals surface area (Å²) in [5.74, 6) is 0.775. The molecule has 0 aromatic heterocycles. The number of carbonyl (C=O) groups excluding carboxylic acids is 2. The van der Waals surface area contributed by atoms with Gasteiger partial charge in [-0.25, -0.2) is 0 Å². The van der Waals surface area contributed by atoms with Crippen LogP contribution in [0, 0.1) is 0 Å². The molecule has 1 unspecified atom stereocenters. The van der Waals surface area contributed by atoms with E-state index in [0.29, 0.717) is 17.9 Å². The summed E-state index contributed by atoms with van der Waals surface area (Å²) in [7, 11) is 1.74. The van der Waals surface area contributed by atoms with E-state index in [4.69, 9.17) is 4.84 Å². The fraction of sp³-hybridized carbons (Fsp3) is 0.238. The van der Waals surface area contributed by atoms with Crippen LogP contribution in [0.25, 0.3) is 0 Å². The van der Waals surface area contributed by atoms with Crippen LogP contribution in [0.15, 0.2) is 71.3 Å². The van der Waals surface area contributed by atoms with Crippen LogP contribution >= 0.6 is 11.8 Å². The van der Waals surface area contributed by atoms with Crippen molar-refractivity contribution in [2.75, 3.05) is 17.7 Å². The second-order valence-corrected chi connectivity index (χ2v) is 7.79. The molecule has 0 aliphatic carbocycles. The molecular weight excluding hydrogens is 374 g/mol. The second-order valence-electron chi connectivity index (χ2n) is 6.73. The molecule has 6 nitrogen and oxygen atoms in total. The number of rotatable bonds is 4. The van der Waals surface area contributed by atoms with E-state index in [1.54, 1.807) is 29.8 Å². The van der Waals surface area contributed by atoms with Gasteiger partial charge in [-0.1, -0.05) is 42.5 Å². The third kappa shape index (κ3) is 3.90. The average Bonchev–Trinajstić information content (AvgIpc) is 3.15. The maximum atomic E-state index is 12.8. The first-order valence-electron chi connectivity index (χ1n) is 9.08. The van der Waals surface area contributed by atoms with Gasteiger partial charge in [0, 0.05) is 24.1 Å². The molecule has 7 heteroatoms. The van der Waals surface area contributed by atoms with E-state index in [0.717, 1.165) is 16.1 Å². The Morgan fingerprint density at radius 1 is 1.21 bits per heavy atom. The maximum absolute atomic E-state index is 12.8.